The van der Waals surface area contributed by atoms with Crippen molar-refractivity contribution in [1.82, 2.24) is 35.8 Å². The Balaban J connectivity index is 1.45. The second kappa shape index (κ2) is 11.2. The molecule has 2 aromatic heterocycles. The minimum absolute atomic E-state index is 0.224. The minimum Gasteiger partial charge on any atom is -0.384 e. The zero-order valence-corrected chi connectivity index (χ0v) is 19.4. The highest BCUT2D eigenvalue weighted by Crippen LogP contribution is 2.19. The maximum Gasteiger partial charge on any atom is 0.252 e. The zero-order valence-electron chi connectivity index (χ0n) is 18.6. The third-order valence-corrected chi connectivity index (χ3v) is 5.51. The Morgan fingerprint density at radius 3 is 2.66 bits per heavy atom. The molecule has 0 aliphatic carbocycles. The normalized spacial score (nSPS) is 11.6. The summed E-state index contributed by atoms with van der Waals surface area (Å²) < 4.78 is 1.53. The van der Waals surface area contributed by atoms with Crippen LogP contribution in [0.4, 0.5) is 5.82 Å². The Kier molecular flexibility index (Phi) is 7.63. The first-order valence-corrected chi connectivity index (χ1v) is 11.2. The van der Waals surface area contributed by atoms with Crippen molar-refractivity contribution in [2.75, 3.05) is 12.3 Å². The predicted octanol–water partition coefficient (Wildman–Crippen LogP) is 1.99. The number of carbonyl (C=O) groups excluding carboxylic acids is 2. The second-order valence-electron chi connectivity index (χ2n) is 7.75. The molecule has 178 valence electrons. The van der Waals surface area contributed by atoms with Crippen molar-refractivity contribution in [2.45, 2.75) is 18.9 Å². The summed E-state index contributed by atoms with van der Waals surface area (Å²) in [7, 11) is 0. The molecular weight excluding hydrogens is 468 g/mol. The largest absolute Gasteiger partial charge is 0.384 e. The van der Waals surface area contributed by atoms with Gasteiger partial charge in [-0.15, -0.1) is 5.10 Å². The van der Waals surface area contributed by atoms with E-state index in [1.165, 1.54) is 23.3 Å². The van der Waals surface area contributed by atoms with Crippen LogP contribution in [0.3, 0.4) is 0 Å². The molecule has 0 spiro atoms. The van der Waals surface area contributed by atoms with E-state index in [2.05, 4.69) is 31.1 Å². The molecule has 0 saturated heterocycles. The van der Waals surface area contributed by atoms with Gasteiger partial charge in [0.1, 0.15) is 18.2 Å². The predicted molar refractivity (Wildman–Crippen MR) is 131 cm³/mol. The Morgan fingerprint density at radius 1 is 1.09 bits per heavy atom. The van der Waals surface area contributed by atoms with Crippen LogP contribution < -0.4 is 16.4 Å². The average Bonchev–Trinajstić information content (AvgIpc) is 3.39. The number of carbonyl (C=O) groups is 2. The third-order valence-electron chi connectivity index (χ3n) is 5.28. The van der Waals surface area contributed by atoms with Crippen molar-refractivity contribution < 1.29 is 9.59 Å². The van der Waals surface area contributed by atoms with Crippen LogP contribution in [-0.4, -0.2) is 49.6 Å². The van der Waals surface area contributed by atoms with Crippen LogP contribution in [0.5, 0.6) is 0 Å². The van der Waals surface area contributed by atoms with Crippen LogP contribution in [0.1, 0.15) is 21.5 Å². The minimum atomic E-state index is -0.794. The molecule has 10 nitrogen and oxygen atoms in total. The van der Waals surface area contributed by atoms with Crippen LogP contribution in [0, 0.1) is 0 Å². The fraction of sp³-hybridized carbons (Fsp3) is 0.167. The van der Waals surface area contributed by atoms with Gasteiger partial charge in [0.05, 0.1) is 5.69 Å². The van der Waals surface area contributed by atoms with Crippen molar-refractivity contribution >= 4 is 29.2 Å². The number of nitrogens with one attached hydrogen (secondary N) is 2. The number of hydrogen-bond acceptors (Lipinski definition) is 7. The number of nitrogens with zero attached hydrogens (tertiary/aromatic N) is 5. The molecule has 0 aliphatic rings. The fourth-order valence-electron chi connectivity index (χ4n) is 3.58. The van der Waals surface area contributed by atoms with Gasteiger partial charge in [-0.2, -0.15) is 0 Å². The van der Waals surface area contributed by atoms with Crippen molar-refractivity contribution in [1.29, 1.82) is 0 Å². The van der Waals surface area contributed by atoms with E-state index < -0.39 is 11.9 Å². The van der Waals surface area contributed by atoms with E-state index >= 15 is 0 Å². The molecule has 0 unspecified atom stereocenters. The number of pyridine rings is 1. The Bertz CT molecular complexity index is 1300. The number of halogens is 1. The number of nitrogen functional groups attached to an aromatic ring is 1. The van der Waals surface area contributed by atoms with Crippen LogP contribution in [-0.2, 0) is 17.6 Å². The summed E-state index contributed by atoms with van der Waals surface area (Å²) >= 11 is 6.18. The molecule has 2 amide bonds. The molecule has 0 fully saturated rings. The van der Waals surface area contributed by atoms with Crippen LogP contribution in [0.2, 0.25) is 5.02 Å². The first kappa shape index (κ1) is 23.8. The maximum atomic E-state index is 13.1. The molecule has 2 heterocycles. The number of rotatable bonds is 9. The molecule has 1 atom stereocenters. The lowest BCUT2D eigenvalue weighted by Gasteiger charge is -2.19. The maximum absolute atomic E-state index is 13.1. The van der Waals surface area contributed by atoms with Gasteiger partial charge in [-0.25, -0.2) is 9.67 Å². The third kappa shape index (κ3) is 6.39. The van der Waals surface area contributed by atoms with Crippen LogP contribution in [0.15, 0.2) is 73.2 Å². The summed E-state index contributed by atoms with van der Waals surface area (Å²) in [6.45, 7) is 0.317. The highest BCUT2D eigenvalue weighted by molar-refractivity contribution is 6.30. The summed E-state index contributed by atoms with van der Waals surface area (Å²) in [6.07, 6.45) is 3.74. The lowest BCUT2D eigenvalue weighted by molar-refractivity contribution is -0.122. The van der Waals surface area contributed by atoms with Gasteiger partial charge in [0.15, 0.2) is 0 Å². The highest BCUT2D eigenvalue weighted by Gasteiger charge is 2.22. The molecule has 0 radical (unpaired) electrons. The molecule has 0 aliphatic heterocycles. The zero-order chi connectivity index (χ0) is 24.6. The standard InChI is InChI=1S/C24H23ClN8O2/c25-19-6-7-21(33-15-29-31-32-33)17(13-19)8-11-28-24(35)20(12-16-4-2-1-3-5-16)30-23(34)18-9-10-27-22(26)14-18/h1-7,9-10,13-15,20H,8,11-12H2,(H2,26,27)(H,28,35)(H,30,34)/t20-/m0/s1. The van der Waals surface area contributed by atoms with E-state index in [1.54, 1.807) is 12.1 Å². The number of tetrazole rings is 1. The number of aromatic nitrogens is 5. The van der Waals surface area contributed by atoms with Crippen molar-refractivity contribution in [3.63, 3.8) is 0 Å². The Hall–Kier alpha value is -4.31. The van der Waals surface area contributed by atoms with E-state index in [1.807, 2.05) is 42.5 Å². The molecule has 0 saturated carbocycles. The first-order valence-electron chi connectivity index (χ1n) is 10.9. The van der Waals surface area contributed by atoms with E-state index in [4.69, 9.17) is 17.3 Å². The van der Waals surface area contributed by atoms with E-state index in [9.17, 15) is 9.59 Å². The number of amides is 2. The van der Waals surface area contributed by atoms with Gasteiger partial charge >= 0.3 is 0 Å². The summed E-state index contributed by atoms with van der Waals surface area (Å²) in [6, 6.07) is 17.1. The second-order valence-corrected chi connectivity index (χ2v) is 8.19. The number of hydrogen-bond donors (Lipinski definition) is 3. The summed E-state index contributed by atoms with van der Waals surface area (Å²) in [5.41, 5.74) is 8.56. The van der Waals surface area contributed by atoms with Gasteiger partial charge in [-0.05, 0) is 58.3 Å². The first-order chi connectivity index (χ1) is 17.0. The summed E-state index contributed by atoms with van der Waals surface area (Å²) in [5.74, 6) is -0.497. The summed E-state index contributed by atoms with van der Waals surface area (Å²) in [4.78, 5) is 29.8. The van der Waals surface area contributed by atoms with Gasteiger partial charge < -0.3 is 16.4 Å². The van der Waals surface area contributed by atoms with Crippen molar-refractivity contribution in [2.24, 2.45) is 0 Å². The van der Waals surface area contributed by atoms with Crippen LogP contribution >= 0.6 is 11.6 Å². The molecule has 11 heteroatoms. The lowest BCUT2D eigenvalue weighted by Crippen LogP contribution is -2.48. The molecule has 4 aromatic rings. The smallest absolute Gasteiger partial charge is 0.252 e. The molecular formula is C24H23ClN8O2. The summed E-state index contributed by atoms with van der Waals surface area (Å²) in [5, 5.41) is 17.6. The van der Waals surface area contributed by atoms with Gasteiger partial charge in [0, 0.05) is 29.7 Å². The van der Waals surface area contributed by atoms with Gasteiger partial charge in [0.2, 0.25) is 5.91 Å². The molecule has 0 bridgehead atoms. The molecule has 4 N–H and O–H groups in total. The number of benzene rings is 2. The van der Waals surface area contributed by atoms with Gasteiger partial charge in [-0.1, -0.05) is 41.9 Å². The average molecular weight is 491 g/mol. The van der Waals surface area contributed by atoms with E-state index in [0.717, 1.165) is 16.8 Å². The van der Waals surface area contributed by atoms with Crippen molar-refractivity contribution in [3.05, 3.63) is 94.9 Å². The van der Waals surface area contributed by atoms with Crippen LogP contribution in [0.25, 0.3) is 5.69 Å². The van der Waals surface area contributed by atoms with Gasteiger partial charge in [-0.3, -0.25) is 9.59 Å². The van der Waals surface area contributed by atoms with E-state index in [0.29, 0.717) is 30.0 Å². The van der Waals surface area contributed by atoms with Gasteiger partial charge in [0.25, 0.3) is 5.91 Å². The number of nitrogens with two attached hydrogens (primary N) is 1. The highest BCUT2D eigenvalue weighted by atomic mass is 35.5. The molecule has 35 heavy (non-hydrogen) atoms. The Morgan fingerprint density at radius 2 is 1.91 bits per heavy atom. The molecule has 4 rings (SSSR count). The monoisotopic (exact) mass is 490 g/mol. The number of anilines is 1. The fourth-order valence-corrected chi connectivity index (χ4v) is 3.78. The topological polar surface area (TPSA) is 141 Å². The SMILES string of the molecule is Nc1cc(C(=O)N[C@@H](Cc2ccccc2)C(=O)NCCc2cc(Cl)ccc2-n2cnnn2)ccn1. The van der Waals surface area contributed by atoms with Crippen molar-refractivity contribution in [3.8, 4) is 5.69 Å². The quantitative estimate of drug-likeness (QED) is 0.326. The van der Waals surface area contributed by atoms with E-state index in [-0.39, 0.29) is 11.7 Å². The Labute approximate surface area is 206 Å². The molecule has 2 aromatic carbocycles. The lowest BCUT2D eigenvalue weighted by atomic mass is 10.0.